The molecule has 0 fully saturated rings. The molecule has 12 N–H and O–H groups in total. The van der Waals surface area contributed by atoms with Crippen molar-refractivity contribution in [3.8, 4) is 5.75 Å². The number of fused-ring (bicyclic) bond motifs is 1. The summed E-state index contributed by atoms with van der Waals surface area (Å²) in [7, 11) is 0. The van der Waals surface area contributed by atoms with Crippen LogP contribution in [-0.4, -0.2) is 74.9 Å². The standard InChI is InChI=1S/C29H35N7O8/c30-19(9-10-24(31)38)26(40)34-21(12-16-14-33-20-4-2-1-3-18(16)20)27(41)35-22(13-25(32)39)28(42)36-23(29(43)44)11-15-5-7-17(37)8-6-15/h1-8,14,19,21-23,33,37H,9-13,30H2,(H2,31,38)(H2,32,39)(H,34,40)(H,35,41)(H,36,42)(H,43,44). The van der Waals surface area contributed by atoms with Crippen molar-refractivity contribution in [1.29, 1.82) is 0 Å². The molecule has 2 aromatic carbocycles. The number of carboxylic acid groups (broad SMARTS) is 1. The third kappa shape index (κ3) is 9.55. The van der Waals surface area contributed by atoms with Gasteiger partial charge in [-0.1, -0.05) is 30.3 Å². The molecule has 15 nitrogen and oxygen atoms in total. The van der Waals surface area contributed by atoms with Crippen molar-refractivity contribution in [3.05, 3.63) is 65.9 Å². The Morgan fingerprint density at radius 1 is 0.773 bits per heavy atom. The van der Waals surface area contributed by atoms with Crippen molar-refractivity contribution in [2.75, 3.05) is 0 Å². The zero-order valence-electron chi connectivity index (χ0n) is 23.6. The predicted octanol–water partition coefficient (Wildman–Crippen LogP) is -1.33. The van der Waals surface area contributed by atoms with E-state index in [-0.39, 0.29) is 31.4 Å². The first-order valence-electron chi connectivity index (χ1n) is 13.6. The number of benzene rings is 2. The highest BCUT2D eigenvalue weighted by Gasteiger charge is 2.32. The number of hydrogen-bond acceptors (Lipinski definition) is 8. The number of phenols is 1. The lowest BCUT2D eigenvalue weighted by Crippen LogP contribution is -2.58. The number of para-hydroxylation sites is 1. The number of aromatic hydroxyl groups is 1. The average Bonchev–Trinajstić information content (AvgIpc) is 3.38. The highest BCUT2D eigenvalue weighted by molar-refractivity contribution is 5.96. The van der Waals surface area contributed by atoms with Crippen molar-refractivity contribution in [2.45, 2.75) is 56.3 Å². The second-order valence-electron chi connectivity index (χ2n) is 10.2. The second-order valence-corrected chi connectivity index (χ2v) is 10.2. The first-order valence-corrected chi connectivity index (χ1v) is 13.6. The number of H-pyrrole nitrogens is 1. The van der Waals surface area contributed by atoms with Gasteiger partial charge < -0.3 is 48.3 Å². The Morgan fingerprint density at radius 2 is 1.39 bits per heavy atom. The summed E-state index contributed by atoms with van der Waals surface area (Å²) in [6, 6.07) is 7.36. The minimum atomic E-state index is -1.59. The van der Waals surface area contributed by atoms with E-state index < -0.39 is 66.1 Å². The number of rotatable bonds is 16. The van der Waals surface area contributed by atoms with Crippen LogP contribution in [0.15, 0.2) is 54.7 Å². The van der Waals surface area contributed by atoms with Crippen LogP contribution in [0.4, 0.5) is 0 Å². The molecule has 15 heteroatoms. The number of nitrogens with two attached hydrogens (primary N) is 3. The number of primary amides is 2. The number of hydrogen-bond donors (Lipinski definition) is 9. The topological polar surface area (TPSA) is 273 Å². The summed E-state index contributed by atoms with van der Waals surface area (Å²) < 4.78 is 0. The summed E-state index contributed by atoms with van der Waals surface area (Å²) in [6.07, 6.45) is 0.513. The number of nitrogens with one attached hydrogen (secondary N) is 4. The fourth-order valence-electron chi connectivity index (χ4n) is 4.46. The van der Waals surface area contributed by atoms with Gasteiger partial charge in [0.15, 0.2) is 0 Å². The van der Waals surface area contributed by atoms with Crippen molar-refractivity contribution >= 4 is 46.4 Å². The fourth-order valence-corrected chi connectivity index (χ4v) is 4.46. The van der Waals surface area contributed by atoms with E-state index in [0.717, 1.165) is 10.9 Å². The molecule has 44 heavy (non-hydrogen) atoms. The van der Waals surface area contributed by atoms with Crippen molar-refractivity contribution < 1.29 is 39.0 Å². The van der Waals surface area contributed by atoms with Gasteiger partial charge in [0.1, 0.15) is 23.9 Å². The summed E-state index contributed by atoms with van der Waals surface area (Å²) in [5.41, 5.74) is 18.3. The Morgan fingerprint density at radius 3 is 2.02 bits per heavy atom. The Balaban J connectivity index is 1.82. The van der Waals surface area contributed by atoms with E-state index in [2.05, 4.69) is 20.9 Å². The second kappa shape index (κ2) is 15.2. The lowest BCUT2D eigenvalue weighted by molar-refractivity contribution is -0.142. The SMILES string of the molecule is NC(=O)CCC(N)C(=O)NC(Cc1c[nH]c2ccccc12)C(=O)NC(CC(N)=O)C(=O)NC(Cc1ccc(O)cc1)C(=O)O. The van der Waals surface area contributed by atoms with Gasteiger partial charge in [0, 0.05) is 36.4 Å². The molecule has 0 spiro atoms. The summed E-state index contributed by atoms with van der Waals surface area (Å²) in [5.74, 6) is -5.67. The maximum atomic E-state index is 13.5. The molecular formula is C29H35N7O8. The third-order valence-corrected chi connectivity index (χ3v) is 6.80. The van der Waals surface area contributed by atoms with Crippen LogP contribution in [0.2, 0.25) is 0 Å². The fraction of sp³-hybridized carbons (Fsp3) is 0.310. The van der Waals surface area contributed by atoms with Gasteiger partial charge in [-0.25, -0.2) is 4.79 Å². The maximum absolute atomic E-state index is 13.5. The van der Waals surface area contributed by atoms with Crippen LogP contribution < -0.4 is 33.2 Å². The van der Waals surface area contributed by atoms with Crippen LogP contribution in [0.1, 0.15) is 30.4 Å². The van der Waals surface area contributed by atoms with Crippen molar-refractivity contribution in [2.24, 2.45) is 17.2 Å². The van der Waals surface area contributed by atoms with E-state index in [1.807, 2.05) is 12.1 Å². The Bertz CT molecular complexity index is 1520. The average molecular weight is 610 g/mol. The highest BCUT2D eigenvalue weighted by Crippen LogP contribution is 2.19. The molecule has 1 heterocycles. The number of carboxylic acids is 1. The van der Waals surface area contributed by atoms with Gasteiger partial charge in [-0.2, -0.15) is 0 Å². The molecule has 234 valence electrons. The van der Waals surface area contributed by atoms with Gasteiger partial charge in [-0.05, 0) is 35.7 Å². The van der Waals surface area contributed by atoms with Gasteiger partial charge in [0.05, 0.1) is 12.5 Å². The van der Waals surface area contributed by atoms with E-state index in [1.165, 1.54) is 24.3 Å². The minimum absolute atomic E-state index is 0.0306. The number of aliphatic carboxylic acids is 1. The molecular weight excluding hydrogens is 574 g/mol. The largest absolute Gasteiger partial charge is 0.508 e. The normalized spacial score (nSPS) is 13.7. The molecule has 0 aliphatic carbocycles. The summed E-state index contributed by atoms with van der Waals surface area (Å²) in [5, 5.41) is 27.2. The smallest absolute Gasteiger partial charge is 0.326 e. The first-order chi connectivity index (χ1) is 20.8. The lowest BCUT2D eigenvalue weighted by atomic mass is 10.0. The molecule has 5 amide bonds. The number of aromatic amines is 1. The summed E-state index contributed by atoms with van der Waals surface area (Å²) in [6.45, 7) is 0. The van der Waals surface area contributed by atoms with Gasteiger partial charge >= 0.3 is 5.97 Å². The molecule has 0 saturated heterocycles. The number of carbonyl (C=O) groups is 6. The molecule has 0 bridgehead atoms. The quantitative estimate of drug-likeness (QED) is 0.0929. The number of phenolic OH excluding ortho intramolecular Hbond substituents is 1. The van der Waals surface area contributed by atoms with Crippen LogP contribution in [0.25, 0.3) is 10.9 Å². The van der Waals surface area contributed by atoms with E-state index in [1.54, 1.807) is 18.3 Å². The molecule has 3 rings (SSSR count). The van der Waals surface area contributed by atoms with E-state index in [4.69, 9.17) is 17.2 Å². The van der Waals surface area contributed by atoms with Crippen LogP contribution in [0, 0.1) is 0 Å². The summed E-state index contributed by atoms with van der Waals surface area (Å²) in [4.78, 5) is 77.5. The molecule has 0 aliphatic rings. The molecule has 0 aliphatic heterocycles. The Labute approximate surface area is 251 Å². The molecule has 0 radical (unpaired) electrons. The minimum Gasteiger partial charge on any atom is -0.508 e. The maximum Gasteiger partial charge on any atom is 0.326 e. The van der Waals surface area contributed by atoms with Crippen LogP contribution in [0.5, 0.6) is 5.75 Å². The first kappa shape index (κ1) is 33.1. The van der Waals surface area contributed by atoms with E-state index in [0.29, 0.717) is 11.1 Å². The lowest BCUT2D eigenvalue weighted by Gasteiger charge is -2.25. The van der Waals surface area contributed by atoms with Crippen LogP contribution >= 0.6 is 0 Å². The van der Waals surface area contributed by atoms with Gasteiger partial charge in [0.25, 0.3) is 0 Å². The van der Waals surface area contributed by atoms with Gasteiger partial charge in [-0.3, -0.25) is 24.0 Å². The van der Waals surface area contributed by atoms with Crippen molar-refractivity contribution in [1.82, 2.24) is 20.9 Å². The number of amides is 5. The summed E-state index contributed by atoms with van der Waals surface area (Å²) >= 11 is 0. The molecule has 4 unspecified atom stereocenters. The molecule has 1 aromatic heterocycles. The zero-order valence-corrected chi connectivity index (χ0v) is 23.6. The van der Waals surface area contributed by atoms with Crippen molar-refractivity contribution in [3.63, 3.8) is 0 Å². The van der Waals surface area contributed by atoms with Crippen LogP contribution in [-0.2, 0) is 41.6 Å². The Hall–Kier alpha value is -5.44. The number of carbonyl (C=O) groups excluding carboxylic acids is 5. The van der Waals surface area contributed by atoms with E-state index in [9.17, 15) is 39.0 Å². The number of aromatic nitrogens is 1. The highest BCUT2D eigenvalue weighted by atomic mass is 16.4. The molecule has 4 atom stereocenters. The van der Waals surface area contributed by atoms with Gasteiger partial charge in [-0.15, -0.1) is 0 Å². The zero-order chi connectivity index (χ0) is 32.4. The molecule has 3 aromatic rings. The molecule has 0 saturated carbocycles. The monoisotopic (exact) mass is 609 g/mol. The van der Waals surface area contributed by atoms with Crippen LogP contribution in [0.3, 0.4) is 0 Å². The third-order valence-electron chi connectivity index (χ3n) is 6.80. The van der Waals surface area contributed by atoms with Gasteiger partial charge in [0.2, 0.25) is 29.5 Å². The predicted molar refractivity (Wildman–Crippen MR) is 157 cm³/mol. The Kier molecular flexibility index (Phi) is 11.4. The van der Waals surface area contributed by atoms with E-state index >= 15 is 0 Å².